The zero-order valence-corrected chi connectivity index (χ0v) is 33.0. The standard InChI is InChI=1S/C43H88N2O/c1-7-11-15-19-23-29-35-41(33-27-17-13-9-3)39-45(43(46)37-31-25-21-22-26-32-38-44(5)6)40-42(34-28-18-14-10-4)36-30-24-20-16-12-8-2/h41-42H,7-40H2,1-6H3. The molecule has 2 atom stereocenters. The third kappa shape index (κ3) is 30.7. The predicted molar refractivity (Wildman–Crippen MR) is 208 cm³/mol. The van der Waals surface area contributed by atoms with Crippen molar-refractivity contribution >= 4 is 5.91 Å². The third-order valence-corrected chi connectivity index (χ3v) is 10.4. The van der Waals surface area contributed by atoms with E-state index in [1.165, 1.54) is 193 Å². The van der Waals surface area contributed by atoms with Crippen LogP contribution in [0.4, 0.5) is 0 Å². The van der Waals surface area contributed by atoms with Gasteiger partial charge in [-0.2, -0.15) is 0 Å². The second kappa shape index (κ2) is 35.7. The van der Waals surface area contributed by atoms with Gasteiger partial charge in [0.25, 0.3) is 0 Å². The monoisotopic (exact) mass is 649 g/mol. The molecule has 0 saturated carbocycles. The minimum Gasteiger partial charge on any atom is -0.342 e. The van der Waals surface area contributed by atoms with Crippen LogP contribution in [0.1, 0.15) is 227 Å². The molecular weight excluding hydrogens is 560 g/mol. The van der Waals surface area contributed by atoms with E-state index in [1.807, 2.05) is 0 Å². The lowest BCUT2D eigenvalue weighted by molar-refractivity contribution is -0.132. The van der Waals surface area contributed by atoms with Crippen LogP contribution in [0.2, 0.25) is 0 Å². The summed E-state index contributed by atoms with van der Waals surface area (Å²) < 4.78 is 0. The van der Waals surface area contributed by atoms with Crippen LogP contribution in [0.5, 0.6) is 0 Å². The van der Waals surface area contributed by atoms with Gasteiger partial charge in [0.1, 0.15) is 0 Å². The van der Waals surface area contributed by atoms with Gasteiger partial charge in [0.05, 0.1) is 0 Å². The molecule has 0 aliphatic heterocycles. The maximum Gasteiger partial charge on any atom is 0.222 e. The van der Waals surface area contributed by atoms with E-state index in [9.17, 15) is 4.79 Å². The molecule has 3 heteroatoms. The maximum atomic E-state index is 14.0. The largest absolute Gasteiger partial charge is 0.342 e. The van der Waals surface area contributed by atoms with E-state index < -0.39 is 0 Å². The van der Waals surface area contributed by atoms with E-state index >= 15 is 0 Å². The fourth-order valence-electron chi connectivity index (χ4n) is 7.27. The fraction of sp³-hybridized carbons (Fsp3) is 0.977. The van der Waals surface area contributed by atoms with Crippen molar-refractivity contribution in [3.8, 4) is 0 Å². The highest BCUT2D eigenvalue weighted by Crippen LogP contribution is 2.25. The lowest BCUT2D eigenvalue weighted by atomic mass is 9.91. The first-order valence-electron chi connectivity index (χ1n) is 21.4. The average Bonchev–Trinajstić information content (AvgIpc) is 3.04. The lowest BCUT2D eigenvalue weighted by Crippen LogP contribution is -2.39. The smallest absolute Gasteiger partial charge is 0.222 e. The molecule has 0 saturated heterocycles. The zero-order chi connectivity index (χ0) is 33.9. The Morgan fingerprint density at radius 1 is 0.413 bits per heavy atom. The van der Waals surface area contributed by atoms with Crippen LogP contribution >= 0.6 is 0 Å². The van der Waals surface area contributed by atoms with Gasteiger partial charge >= 0.3 is 0 Å². The van der Waals surface area contributed by atoms with Crippen LogP contribution in [0.15, 0.2) is 0 Å². The Labute approximate surface area is 292 Å². The number of hydrogen-bond acceptors (Lipinski definition) is 2. The van der Waals surface area contributed by atoms with Gasteiger partial charge < -0.3 is 9.80 Å². The molecule has 0 bridgehead atoms. The summed E-state index contributed by atoms with van der Waals surface area (Å²) in [6.07, 6.45) is 40.9. The van der Waals surface area contributed by atoms with E-state index in [4.69, 9.17) is 0 Å². The van der Waals surface area contributed by atoms with Gasteiger partial charge in [-0.15, -0.1) is 0 Å². The second-order valence-electron chi connectivity index (χ2n) is 15.5. The Morgan fingerprint density at radius 3 is 1.09 bits per heavy atom. The maximum absolute atomic E-state index is 14.0. The molecule has 0 fully saturated rings. The molecule has 1 amide bonds. The van der Waals surface area contributed by atoms with Gasteiger partial charge in [-0.25, -0.2) is 0 Å². The molecule has 0 aliphatic rings. The Morgan fingerprint density at radius 2 is 0.717 bits per heavy atom. The summed E-state index contributed by atoms with van der Waals surface area (Å²) >= 11 is 0. The molecule has 0 aromatic heterocycles. The second-order valence-corrected chi connectivity index (χ2v) is 15.5. The number of carbonyl (C=O) groups is 1. The van der Waals surface area contributed by atoms with E-state index in [1.54, 1.807) is 0 Å². The van der Waals surface area contributed by atoms with Crippen molar-refractivity contribution in [1.82, 2.24) is 9.80 Å². The molecule has 46 heavy (non-hydrogen) atoms. The summed E-state index contributed by atoms with van der Waals surface area (Å²) in [5, 5.41) is 0. The molecule has 3 nitrogen and oxygen atoms in total. The first kappa shape index (κ1) is 45.4. The van der Waals surface area contributed by atoms with Crippen molar-refractivity contribution < 1.29 is 4.79 Å². The summed E-state index contributed by atoms with van der Waals surface area (Å²) in [5.74, 6) is 1.87. The van der Waals surface area contributed by atoms with Gasteiger partial charge in [-0.3, -0.25) is 4.79 Å². The highest BCUT2D eigenvalue weighted by Gasteiger charge is 2.22. The first-order chi connectivity index (χ1) is 22.5. The molecular formula is C43H88N2O. The van der Waals surface area contributed by atoms with Crippen molar-refractivity contribution in [2.45, 2.75) is 227 Å². The number of hydrogen-bond donors (Lipinski definition) is 0. The molecule has 276 valence electrons. The fourth-order valence-corrected chi connectivity index (χ4v) is 7.27. The van der Waals surface area contributed by atoms with E-state index in [2.05, 4.69) is 51.6 Å². The number of amides is 1. The average molecular weight is 649 g/mol. The van der Waals surface area contributed by atoms with Crippen LogP contribution in [-0.2, 0) is 4.79 Å². The molecule has 2 unspecified atom stereocenters. The number of nitrogens with zero attached hydrogens (tertiary/aromatic N) is 2. The molecule has 0 N–H and O–H groups in total. The summed E-state index contributed by atoms with van der Waals surface area (Å²) in [7, 11) is 4.34. The van der Waals surface area contributed by atoms with Crippen LogP contribution in [-0.4, -0.2) is 49.4 Å². The van der Waals surface area contributed by atoms with Crippen LogP contribution < -0.4 is 0 Å². The van der Waals surface area contributed by atoms with Crippen molar-refractivity contribution in [3.05, 3.63) is 0 Å². The molecule has 0 aliphatic carbocycles. The SMILES string of the molecule is CCCCCCCCC(CCCCCC)CN(CC(CCCCCC)CCCCCCCC)C(=O)CCCCCCCCN(C)C. The number of carbonyl (C=O) groups excluding carboxylic acids is 1. The number of rotatable bonds is 37. The summed E-state index contributed by atoms with van der Waals surface area (Å²) in [6.45, 7) is 12.5. The highest BCUT2D eigenvalue weighted by molar-refractivity contribution is 5.76. The summed E-state index contributed by atoms with van der Waals surface area (Å²) in [5.41, 5.74) is 0. The van der Waals surface area contributed by atoms with Gasteiger partial charge in [-0.1, -0.05) is 182 Å². The van der Waals surface area contributed by atoms with Crippen LogP contribution in [0.25, 0.3) is 0 Å². The third-order valence-electron chi connectivity index (χ3n) is 10.4. The Hall–Kier alpha value is -0.570. The molecule has 0 aromatic carbocycles. The van der Waals surface area contributed by atoms with Crippen molar-refractivity contribution in [3.63, 3.8) is 0 Å². The van der Waals surface area contributed by atoms with Crippen LogP contribution in [0, 0.1) is 11.8 Å². The molecule has 0 spiro atoms. The summed E-state index contributed by atoms with van der Waals surface area (Å²) in [4.78, 5) is 18.7. The van der Waals surface area contributed by atoms with Gasteiger partial charge in [0.2, 0.25) is 5.91 Å². The normalized spacial score (nSPS) is 13.0. The highest BCUT2D eigenvalue weighted by atomic mass is 16.2. The summed E-state index contributed by atoms with van der Waals surface area (Å²) in [6, 6.07) is 0. The Balaban J connectivity index is 5.38. The minimum atomic E-state index is 0.482. The topological polar surface area (TPSA) is 23.6 Å². The number of unbranched alkanes of at least 4 members (excludes halogenated alkanes) is 21. The van der Waals surface area contributed by atoms with Crippen molar-refractivity contribution in [1.29, 1.82) is 0 Å². The Bertz CT molecular complexity index is 572. The molecule has 0 radical (unpaired) electrons. The van der Waals surface area contributed by atoms with Gasteiger partial charge in [0, 0.05) is 19.5 Å². The molecule has 0 aromatic rings. The molecule has 0 heterocycles. The quantitative estimate of drug-likeness (QED) is 0.0626. The minimum absolute atomic E-state index is 0.482. The zero-order valence-electron chi connectivity index (χ0n) is 33.0. The van der Waals surface area contributed by atoms with Crippen molar-refractivity contribution in [2.75, 3.05) is 33.7 Å². The predicted octanol–water partition coefficient (Wildman–Crippen LogP) is 13.8. The van der Waals surface area contributed by atoms with Crippen LogP contribution in [0.3, 0.4) is 0 Å². The van der Waals surface area contributed by atoms with Gasteiger partial charge in [0.15, 0.2) is 0 Å². The lowest BCUT2D eigenvalue weighted by Gasteiger charge is -2.32. The van der Waals surface area contributed by atoms with E-state index in [0.29, 0.717) is 17.7 Å². The van der Waals surface area contributed by atoms with E-state index in [0.717, 1.165) is 25.9 Å². The van der Waals surface area contributed by atoms with Crippen molar-refractivity contribution in [2.24, 2.45) is 11.8 Å². The van der Waals surface area contributed by atoms with Gasteiger partial charge in [-0.05, 0) is 71.0 Å². The van der Waals surface area contributed by atoms with E-state index in [-0.39, 0.29) is 0 Å². The first-order valence-corrected chi connectivity index (χ1v) is 21.4. The molecule has 0 rings (SSSR count). The Kier molecular flexibility index (Phi) is 35.3.